The van der Waals surface area contributed by atoms with Crippen molar-refractivity contribution in [3.05, 3.63) is 35.4 Å². The smallest absolute Gasteiger partial charge is 0.359 e. The maximum atomic E-state index is 12.4. The molecule has 0 spiro atoms. The summed E-state index contributed by atoms with van der Waals surface area (Å²) >= 11 is 0. The summed E-state index contributed by atoms with van der Waals surface area (Å²) < 4.78 is 37.2. The maximum Gasteiger partial charge on any atom is 0.416 e. The van der Waals surface area contributed by atoms with E-state index < -0.39 is 17.7 Å². The number of nitrogens with one attached hydrogen (secondary N) is 1. The second-order valence-corrected chi connectivity index (χ2v) is 3.46. The summed E-state index contributed by atoms with van der Waals surface area (Å²) in [4.78, 5) is 11.3. The Kier molecular flexibility index (Phi) is 3.57. The number of hydrogen-bond donors (Lipinski definition) is 1. The molecular weight excluding hydrogens is 219 g/mol. The van der Waals surface area contributed by atoms with Crippen molar-refractivity contribution in [3.63, 3.8) is 0 Å². The van der Waals surface area contributed by atoms with Crippen molar-refractivity contribution in [2.45, 2.75) is 19.0 Å². The van der Waals surface area contributed by atoms with Gasteiger partial charge < -0.3 is 5.32 Å². The fourth-order valence-corrected chi connectivity index (χ4v) is 1.35. The fourth-order valence-electron chi connectivity index (χ4n) is 1.35. The minimum absolute atomic E-state index is 0.306. The van der Waals surface area contributed by atoms with Gasteiger partial charge in [0.15, 0.2) is 0 Å². The monoisotopic (exact) mass is 231 g/mol. The van der Waals surface area contributed by atoms with Crippen molar-refractivity contribution >= 4 is 5.91 Å². The van der Waals surface area contributed by atoms with E-state index >= 15 is 0 Å². The number of likely N-dealkylation sites (N-methyl/N-ethyl adjacent to an activating group) is 1. The molecule has 1 unspecified atom stereocenters. The molecule has 0 saturated carbocycles. The van der Waals surface area contributed by atoms with Crippen LogP contribution in [0.2, 0.25) is 0 Å². The zero-order chi connectivity index (χ0) is 12.3. The van der Waals surface area contributed by atoms with Crippen LogP contribution < -0.4 is 5.32 Å². The van der Waals surface area contributed by atoms with Gasteiger partial charge in [0.2, 0.25) is 5.91 Å². The Morgan fingerprint density at radius 1 is 1.38 bits per heavy atom. The van der Waals surface area contributed by atoms with Gasteiger partial charge in [-0.3, -0.25) is 4.79 Å². The second-order valence-electron chi connectivity index (χ2n) is 3.46. The van der Waals surface area contributed by atoms with Crippen LogP contribution >= 0.6 is 0 Å². The van der Waals surface area contributed by atoms with E-state index in [4.69, 9.17) is 0 Å². The summed E-state index contributed by atoms with van der Waals surface area (Å²) in [6, 6.07) is 4.80. The summed E-state index contributed by atoms with van der Waals surface area (Å²) in [6.07, 6.45) is -4.38. The Morgan fingerprint density at radius 2 is 2.00 bits per heavy atom. The van der Waals surface area contributed by atoms with E-state index in [2.05, 4.69) is 5.32 Å². The molecule has 2 nitrogen and oxygen atoms in total. The number of amides is 1. The van der Waals surface area contributed by atoms with Crippen LogP contribution in [0.4, 0.5) is 13.2 Å². The van der Waals surface area contributed by atoms with Crippen molar-refractivity contribution in [2.75, 3.05) is 7.05 Å². The number of hydrogen-bond acceptors (Lipinski definition) is 1. The van der Waals surface area contributed by atoms with Gasteiger partial charge in [0.1, 0.15) is 0 Å². The average molecular weight is 231 g/mol. The molecule has 0 bridgehead atoms. The third kappa shape index (κ3) is 2.74. The lowest BCUT2D eigenvalue weighted by atomic mass is 9.98. The van der Waals surface area contributed by atoms with Gasteiger partial charge in [-0.2, -0.15) is 13.2 Å². The van der Waals surface area contributed by atoms with E-state index in [0.717, 1.165) is 12.1 Å². The second kappa shape index (κ2) is 4.55. The maximum absolute atomic E-state index is 12.4. The number of benzene rings is 1. The largest absolute Gasteiger partial charge is 0.416 e. The molecule has 1 rings (SSSR count). The van der Waals surface area contributed by atoms with E-state index in [1.807, 2.05) is 0 Å². The van der Waals surface area contributed by atoms with Gasteiger partial charge in [0.05, 0.1) is 11.5 Å². The molecule has 0 saturated heterocycles. The van der Waals surface area contributed by atoms with Crippen molar-refractivity contribution in [1.29, 1.82) is 0 Å². The van der Waals surface area contributed by atoms with Crippen LogP contribution in [0, 0.1) is 0 Å². The lowest BCUT2D eigenvalue weighted by Gasteiger charge is -2.13. The van der Waals surface area contributed by atoms with E-state index in [1.54, 1.807) is 6.92 Å². The van der Waals surface area contributed by atoms with Gasteiger partial charge in [-0.1, -0.05) is 18.2 Å². The van der Waals surface area contributed by atoms with Gasteiger partial charge in [0.25, 0.3) is 0 Å². The highest BCUT2D eigenvalue weighted by Crippen LogP contribution is 2.31. The SMILES string of the molecule is CNC(=O)C(C)c1cccc(C(F)(F)F)c1. The molecule has 0 heterocycles. The Labute approximate surface area is 91.5 Å². The highest BCUT2D eigenvalue weighted by molar-refractivity contribution is 5.82. The topological polar surface area (TPSA) is 29.1 Å². The number of alkyl halides is 3. The Bertz CT molecular complexity index is 387. The van der Waals surface area contributed by atoms with Crippen molar-refractivity contribution in [2.24, 2.45) is 0 Å². The lowest BCUT2D eigenvalue weighted by molar-refractivity contribution is -0.137. The van der Waals surface area contributed by atoms with E-state index in [0.29, 0.717) is 5.56 Å². The van der Waals surface area contributed by atoms with E-state index in [1.165, 1.54) is 19.2 Å². The van der Waals surface area contributed by atoms with E-state index in [-0.39, 0.29) is 5.91 Å². The molecule has 1 amide bonds. The Balaban J connectivity index is 3.04. The number of carbonyl (C=O) groups excluding carboxylic acids is 1. The summed E-state index contributed by atoms with van der Waals surface area (Å²) in [5.74, 6) is -0.897. The van der Waals surface area contributed by atoms with Gasteiger partial charge in [-0.05, 0) is 18.6 Å². The van der Waals surface area contributed by atoms with Crippen LogP contribution in [0.1, 0.15) is 24.0 Å². The minimum atomic E-state index is -4.38. The van der Waals surface area contributed by atoms with Crippen LogP contribution in [-0.2, 0) is 11.0 Å². The van der Waals surface area contributed by atoms with Crippen molar-refractivity contribution in [3.8, 4) is 0 Å². The summed E-state index contributed by atoms with van der Waals surface area (Å²) in [6.45, 7) is 1.56. The first-order valence-electron chi connectivity index (χ1n) is 4.75. The van der Waals surface area contributed by atoms with Crippen molar-refractivity contribution in [1.82, 2.24) is 5.32 Å². The minimum Gasteiger partial charge on any atom is -0.359 e. The predicted molar refractivity (Wildman–Crippen MR) is 53.9 cm³/mol. The Morgan fingerprint density at radius 3 is 2.50 bits per heavy atom. The summed E-state index contributed by atoms with van der Waals surface area (Å²) in [5.41, 5.74) is -0.380. The quantitative estimate of drug-likeness (QED) is 0.832. The Hall–Kier alpha value is -1.52. The molecule has 1 aromatic rings. The molecule has 0 aliphatic carbocycles. The zero-order valence-corrected chi connectivity index (χ0v) is 8.93. The fraction of sp³-hybridized carbons (Fsp3) is 0.364. The average Bonchev–Trinajstić information content (AvgIpc) is 2.26. The normalized spacial score (nSPS) is 13.3. The molecule has 88 valence electrons. The highest BCUT2D eigenvalue weighted by Gasteiger charge is 2.31. The number of carbonyl (C=O) groups is 1. The van der Waals surface area contributed by atoms with Crippen LogP contribution in [0.5, 0.6) is 0 Å². The first-order valence-corrected chi connectivity index (χ1v) is 4.75. The van der Waals surface area contributed by atoms with Crippen LogP contribution in [0.15, 0.2) is 24.3 Å². The number of rotatable bonds is 2. The van der Waals surface area contributed by atoms with E-state index in [9.17, 15) is 18.0 Å². The molecule has 5 heteroatoms. The van der Waals surface area contributed by atoms with Crippen LogP contribution in [0.3, 0.4) is 0 Å². The molecule has 16 heavy (non-hydrogen) atoms. The highest BCUT2D eigenvalue weighted by atomic mass is 19.4. The van der Waals surface area contributed by atoms with Crippen LogP contribution in [-0.4, -0.2) is 13.0 Å². The van der Waals surface area contributed by atoms with Crippen molar-refractivity contribution < 1.29 is 18.0 Å². The zero-order valence-electron chi connectivity index (χ0n) is 8.93. The predicted octanol–water partition coefficient (Wildman–Crippen LogP) is 2.55. The molecule has 0 radical (unpaired) electrons. The first-order chi connectivity index (χ1) is 7.36. The summed E-state index contributed by atoms with van der Waals surface area (Å²) in [5, 5.41) is 2.40. The van der Waals surface area contributed by atoms with Gasteiger partial charge >= 0.3 is 6.18 Å². The molecular formula is C11H12F3NO. The first kappa shape index (κ1) is 12.5. The van der Waals surface area contributed by atoms with Gasteiger partial charge in [-0.25, -0.2) is 0 Å². The van der Waals surface area contributed by atoms with Crippen LogP contribution in [0.25, 0.3) is 0 Å². The third-order valence-electron chi connectivity index (χ3n) is 2.35. The van der Waals surface area contributed by atoms with Gasteiger partial charge in [0, 0.05) is 7.05 Å². The number of halogens is 3. The molecule has 0 fully saturated rings. The standard InChI is InChI=1S/C11H12F3NO/c1-7(10(16)15-2)8-4-3-5-9(6-8)11(12,13)14/h3-7H,1-2H3,(H,15,16). The lowest BCUT2D eigenvalue weighted by Crippen LogP contribution is -2.24. The third-order valence-corrected chi connectivity index (χ3v) is 2.35. The molecule has 1 atom stereocenters. The summed E-state index contributed by atoms with van der Waals surface area (Å²) in [7, 11) is 1.45. The van der Waals surface area contributed by atoms with Gasteiger partial charge in [-0.15, -0.1) is 0 Å². The molecule has 0 aromatic heterocycles. The molecule has 1 aromatic carbocycles. The molecule has 1 N–H and O–H groups in total. The molecule has 0 aliphatic rings. The molecule has 0 aliphatic heterocycles.